The van der Waals surface area contributed by atoms with Crippen LogP contribution in [0.1, 0.15) is 126 Å². The molecule has 4 aliphatic rings. The number of hydrogen-bond acceptors (Lipinski definition) is 13. The Balaban J connectivity index is 1.72. The summed E-state index contributed by atoms with van der Waals surface area (Å²) >= 11 is 0. The maximum Gasteiger partial charge on any atom is 0.329 e. The first kappa shape index (κ1) is 55.2. The molecule has 14 heteroatoms. The molecule has 0 radical (unpaired) electrons. The smallest absolute Gasteiger partial charge is 0.329 e. The lowest BCUT2D eigenvalue weighted by molar-refractivity contribution is -0.265. The Morgan fingerprint density at radius 2 is 1.53 bits per heavy atom. The van der Waals surface area contributed by atoms with Crippen LogP contribution in [0.5, 0.6) is 0 Å². The number of nitrogens with zero attached hydrogens (tertiary/aromatic N) is 1. The second-order valence-corrected chi connectivity index (χ2v) is 19.8. The topological polar surface area (TPSA) is 184 Å². The quantitative estimate of drug-likeness (QED) is 0.154. The molecule has 2 bridgehead atoms. The Labute approximate surface area is 393 Å². The van der Waals surface area contributed by atoms with Crippen LogP contribution in [0.3, 0.4) is 0 Å². The fourth-order valence-electron chi connectivity index (χ4n) is 10.4. The summed E-state index contributed by atoms with van der Waals surface area (Å²) in [5.74, 6) is -7.45. The van der Waals surface area contributed by atoms with Crippen molar-refractivity contribution in [2.24, 2.45) is 35.5 Å². The first-order chi connectivity index (χ1) is 31.3. The summed E-state index contributed by atoms with van der Waals surface area (Å²) < 4.78 is 35.5. The first-order valence-corrected chi connectivity index (χ1v) is 24.3. The van der Waals surface area contributed by atoms with E-state index in [9.17, 15) is 34.2 Å². The van der Waals surface area contributed by atoms with E-state index < -0.39 is 77.9 Å². The number of piperidine rings is 1. The fraction of sp³-hybridized carbons (Fsp3) is 0.750. The van der Waals surface area contributed by atoms with Gasteiger partial charge in [-0.05, 0) is 107 Å². The second-order valence-electron chi connectivity index (χ2n) is 19.8. The fourth-order valence-corrected chi connectivity index (χ4v) is 10.4. The van der Waals surface area contributed by atoms with Crippen molar-refractivity contribution < 1.29 is 62.6 Å². The molecule has 0 aromatic carbocycles. The van der Waals surface area contributed by atoms with Crippen LogP contribution >= 0.6 is 0 Å². The number of carbonyl (C=O) groups excluding carboxylic acids is 5. The normalized spacial score (nSPS) is 40.0. The SMILES string of the molecule is CO[C@H]1C[C@@H]2CC[C@@H](C)[C@@](O)(O2)C(=O)C(=O)N2CCCC[C@H]2C(=O)O[C@H]([C@H](C)C[C@@H]2CC[C@@H](O)[C@H](OC)C2)CC(=O)[C@H](C)/C=C(\C)[C@@H](OC)[C@@H](OC)C(=O)[C@H](C)C[C@H](C)/C=C/C=C/C=C/1C. The van der Waals surface area contributed by atoms with Crippen LogP contribution in [0, 0.1) is 35.5 Å². The number of carbonyl (C=O) groups is 5. The van der Waals surface area contributed by atoms with Crippen molar-refractivity contribution in [3.63, 3.8) is 0 Å². The van der Waals surface area contributed by atoms with Crippen molar-refractivity contribution in [2.45, 2.75) is 180 Å². The Morgan fingerprint density at radius 3 is 2.20 bits per heavy atom. The third kappa shape index (κ3) is 14.3. The van der Waals surface area contributed by atoms with Gasteiger partial charge in [0.1, 0.15) is 30.1 Å². The van der Waals surface area contributed by atoms with Crippen LogP contribution in [0.25, 0.3) is 0 Å². The average Bonchev–Trinajstić information content (AvgIpc) is 3.29. The molecule has 372 valence electrons. The molecular formula is C52H81NO13. The zero-order valence-corrected chi connectivity index (χ0v) is 41.6. The minimum atomic E-state index is -2.42. The third-order valence-electron chi connectivity index (χ3n) is 14.7. The number of methoxy groups -OCH3 is 4. The van der Waals surface area contributed by atoms with Gasteiger partial charge in [0.15, 0.2) is 5.78 Å². The lowest BCUT2D eigenvalue weighted by atomic mass is 9.78. The van der Waals surface area contributed by atoms with E-state index in [-0.39, 0.29) is 60.7 Å². The first-order valence-electron chi connectivity index (χ1n) is 24.3. The average molecular weight is 928 g/mol. The van der Waals surface area contributed by atoms with Gasteiger partial charge in [0.2, 0.25) is 5.79 Å². The van der Waals surface area contributed by atoms with E-state index in [0.29, 0.717) is 63.4 Å². The summed E-state index contributed by atoms with van der Waals surface area (Å²) in [5.41, 5.74) is 1.54. The van der Waals surface area contributed by atoms with Crippen molar-refractivity contribution in [1.29, 1.82) is 0 Å². The van der Waals surface area contributed by atoms with Gasteiger partial charge in [-0.2, -0.15) is 0 Å². The van der Waals surface area contributed by atoms with E-state index in [0.717, 1.165) is 12.0 Å². The number of ether oxygens (including phenoxy) is 6. The zero-order chi connectivity index (χ0) is 48.9. The molecule has 14 nitrogen and oxygen atoms in total. The standard InChI is InChI=1S/C52H81NO13/c1-31-17-13-12-14-18-32(2)43(61-8)29-39-22-20-37(7)52(60,66-39)49(57)50(58)53-24-16-15-19-40(53)51(59)65-44(34(4)27-38-21-23-41(54)45(28-38)62-9)30-42(55)33(3)26-36(6)47(63-10)48(64-11)46(56)35(5)25-31/h12-14,17-18,26,31,33-35,37-41,43-45,47-48,54,60H,15-16,19-25,27-30H2,1-11H3/b14-12+,17-13+,32-18+,36-26+/t31-,33-,34-,35-,37-,38+,39+,40+,41-,43+,44+,45-,47-,48+,52-/m1/s1. The number of cyclic esters (lactones) is 1. The highest BCUT2D eigenvalue weighted by molar-refractivity contribution is 6.39. The van der Waals surface area contributed by atoms with Gasteiger partial charge in [-0.1, -0.05) is 71.1 Å². The highest BCUT2D eigenvalue weighted by Crippen LogP contribution is 2.38. The van der Waals surface area contributed by atoms with E-state index in [2.05, 4.69) is 0 Å². The molecule has 1 saturated carbocycles. The molecule has 1 aliphatic carbocycles. The molecule has 1 amide bonds. The molecule has 0 aromatic rings. The van der Waals surface area contributed by atoms with E-state index >= 15 is 0 Å². The molecular weight excluding hydrogens is 847 g/mol. The van der Waals surface area contributed by atoms with E-state index in [1.807, 2.05) is 58.1 Å². The lowest BCUT2D eigenvalue weighted by Crippen LogP contribution is -2.61. The van der Waals surface area contributed by atoms with Gasteiger partial charge in [0, 0.05) is 65.6 Å². The number of aliphatic hydroxyl groups is 2. The monoisotopic (exact) mass is 928 g/mol. The zero-order valence-electron chi connectivity index (χ0n) is 41.6. The molecule has 4 rings (SSSR count). The van der Waals surface area contributed by atoms with Gasteiger partial charge in [-0.15, -0.1) is 0 Å². The molecule has 3 heterocycles. The molecule has 0 aromatic heterocycles. The van der Waals surface area contributed by atoms with Crippen LogP contribution in [-0.2, 0) is 52.4 Å². The second kappa shape index (κ2) is 25.8. The minimum Gasteiger partial charge on any atom is -0.460 e. The Hall–Kier alpha value is -3.37. The lowest BCUT2D eigenvalue weighted by Gasteiger charge is -2.42. The number of rotatable bonds is 7. The van der Waals surface area contributed by atoms with Crippen LogP contribution in [-0.4, -0.2) is 134 Å². The predicted molar refractivity (Wildman–Crippen MR) is 250 cm³/mol. The van der Waals surface area contributed by atoms with Gasteiger partial charge in [-0.3, -0.25) is 19.2 Å². The summed E-state index contributed by atoms with van der Waals surface area (Å²) in [4.78, 5) is 72.3. The maximum absolute atomic E-state index is 14.4. The predicted octanol–water partition coefficient (Wildman–Crippen LogP) is 6.83. The van der Waals surface area contributed by atoms with E-state index in [4.69, 9.17) is 28.4 Å². The number of hydrogen-bond donors (Lipinski definition) is 2. The van der Waals surface area contributed by atoms with Gasteiger partial charge < -0.3 is 43.5 Å². The van der Waals surface area contributed by atoms with Gasteiger partial charge >= 0.3 is 5.97 Å². The van der Waals surface area contributed by atoms with Crippen LogP contribution in [0.4, 0.5) is 0 Å². The molecule has 2 N–H and O–H groups in total. The number of aliphatic hydroxyl groups excluding tert-OH is 1. The number of allylic oxidation sites excluding steroid dienone is 6. The van der Waals surface area contributed by atoms with Gasteiger partial charge in [0.05, 0.1) is 24.4 Å². The highest BCUT2D eigenvalue weighted by Gasteiger charge is 2.53. The van der Waals surface area contributed by atoms with Crippen molar-refractivity contribution in [3.8, 4) is 0 Å². The summed E-state index contributed by atoms with van der Waals surface area (Å²) in [6.45, 7) is 13.1. The molecule has 66 heavy (non-hydrogen) atoms. The molecule has 15 atom stereocenters. The number of Topliss-reactive ketones (excluding diaryl/α,β-unsaturated/α-hetero) is 3. The largest absolute Gasteiger partial charge is 0.460 e. The van der Waals surface area contributed by atoms with Gasteiger partial charge in [-0.25, -0.2) is 4.79 Å². The number of amides is 1. The third-order valence-corrected chi connectivity index (χ3v) is 14.7. The Morgan fingerprint density at radius 1 is 0.818 bits per heavy atom. The van der Waals surface area contributed by atoms with Crippen molar-refractivity contribution in [2.75, 3.05) is 35.0 Å². The van der Waals surface area contributed by atoms with Gasteiger partial charge in [0.25, 0.3) is 11.7 Å². The van der Waals surface area contributed by atoms with E-state index in [1.54, 1.807) is 41.1 Å². The highest BCUT2D eigenvalue weighted by atomic mass is 16.6. The Bertz CT molecular complexity index is 1770. The number of fused-ring (bicyclic) bond motifs is 3. The summed E-state index contributed by atoms with van der Waals surface area (Å²) in [6, 6.07) is -1.12. The maximum atomic E-state index is 14.4. The van der Waals surface area contributed by atoms with Crippen molar-refractivity contribution in [1.82, 2.24) is 4.90 Å². The number of esters is 1. The van der Waals surface area contributed by atoms with Crippen molar-refractivity contribution >= 4 is 29.2 Å². The number of ketones is 3. The van der Waals surface area contributed by atoms with Crippen molar-refractivity contribution in [3.05, 3.63) is 47.6 Å². The van der Waals surface area contributed by atoms with E-state index in [1.165, 1.54) is 19.1 Å². The summed E-state index contributed by atoms with van der Waals surface area (Å²) in [7, 11) is 6.15. The minimum absolute atomic E-state index is 0.0599. The molecule has 2 saturated heterocycles. The Kier molecular flexibility index (Phi) is 21.6. The molecule has 0 spiro atoms. The van der Waals surface area contributed by atoms with Crippen LogP contribution in [0.15, 0.2) is 47.6 Å². The molecule has 3 aliphatic heterocycles. The molecule has 3 fully saturated rings. The van der Waals surface area contributed by atoms with Crippen LogP contribution in [0.2, 0.25) is 0 Å². The molecule has 0 unspecified atom stereocenters. The summed E-state index contributed by atoms with van der Waals surface area (Å²) in [6.07, 6.45) is 12.6. The van der Waals surface area contributed by atoms with Crippen LogP contribution < -0.4 is 0 Å². The summed E-state index contributed by atoms with van der Waals surface area (Å²) in [5, 5.41) is 22.5.